The summed E-state index contributed by atoms with van der Waals surface area (Å²) < 4.78 is 5.80. The molecule has 5 heteroatoms. The maximum absolute atomic E-state index is 11.4. The highest BCUT2D eigenvalue weighted by Gasteiger charge is 2.15. The Hall–Kier alpha value is -2.33. The summed E-state index contributed by atoms with van der Waals surface area (Å²) in [6, 6.07) is 13.4. The molecule has 0 amide bonds. The number of hydrogen-bond acceptors (Lipinski definition) is 3. The van der Waals surface area contributed by atoms with Gasteiger partial charge in [-0.1, -0.05) is 30.5 Å². The number of nitrogens with zero attached hydrogens (tertiary/aromatic N) is 1. The number of fused-ring (bicyclic) bond motifs is 2. The lowest BCUT2D eigenvalue weighted by atomic mass is 9.85. The highest BCUT2D eigenvalue weighted by molar-refractivity contribution is 6.30. The third kappa shape index (κ3) is 5.39. The van der Waals surface area contributed by atoms with Gasteiger partial charge in [0.15, 0.2) is 0 Å². The van der Waals surface area contributed by atoms with E-state index in [1.165, 1.54) is 49.3 Å². The molecule has 0 aliphatic heterocycles. The van der Waals surface area contributed by atoms with Gasteiger partial charge in [0.2, 0.25) is 11.4 Å². The molecule has 4 nitrogen and oxygen atoms in total. The fraction of sp³-hybridized carbons (Fsp3) is 0.417. The molecule has 1 aliphatic carbocycles. The highest BCUT2D eigenvalue weighted by Crippen LogP contribution is 2.28. The average Bonchev–Trinajstić information content (AvgIpc) is 2.70. The van der Waals surface area contributed by atoms with Crippen LogP contribution in [0.25, 0.3) is 11.0 Å². The van der Waals surface area contributed by atoms with Crippen molar-refractivity contribution in [2.24, 2.45) is 5.92 Å². The maximum atomic E-state index is 11.4. The molecule has 1 atom stereocenters. The molecule has 1 aliphatic rings. The number of aromatic nitrogens is 2. The quantitative estimate of drug-likeness (QED) is 0.529. The zero-order valence-electron chi connectivity index (χ0n) is 16.6. The summed E-state index contributed by atoms with van der Waals surface area (Å²) in [6.45, 7) is 0.654. The van der Waals surface area contributed by atoms with E-state index < -0.39 is 0 Å². The van der Waals surface area contributed by atoms with E-state index in [1.807, 2.05) is 18.2 Å². The number of rotatable bonds is 6. The highest BCUT2D eigenvalue weighted by atomic mass is 35.5. The van der Waals surface area contributed by atoms with Crippen molar-refractivity contribution in [1.82, 2.24) is 9.97 Å². The number of aryl methyl sites for hydroxylation is 2. The second-order valence-corrected chi connectivity index (χ2v) is 8.40. The van der Waals surface area contributed by atoms with Gasteiger partial charge < -0.3 is 9.72 Å². The zero-order chi connectivity index (χ0) is 20.1. The Balaban J connectivity index is 1.22. The Morgan fingerprint density at radius 3 is 2.86 bits per heavy atom. The number of pyridine rings is 2. The van der Waals surface area contributed by atoms with Gasteiger partial charge in [0, 0.05) is 22.5 Å². The van der Waals surface area contributed by atoms with Crippen LogP contribution in [0.1, 0.15) is 49.7 Å². The van der Waals surface area contributed by atoms with Gasteiger partial charge in [-0.15, -0.1) is 0 Å². The second-order valence-electron chi connectivity index (χ2n) is 7.96. The van der Waals surface area contributed by atoms with Gasteiger partial charge in [-0.25, -0.2) is 0 Å². The van der Waals surface area contributed by atoms with Gasteiger partial charge >= 0.3 is 0 Å². The number of unbranched alkanes of at least 4 members (excludes halogenated alkanes) is 1. The van der Waals surface area contributed by atoms with Crippen LogP contribution >= 0.6 is 11.6 Å². The minimum absolute atomic E-state index is 0.147. The van der Waals surface area contributed by atoms with Gasteiger partial charge in [-0.2, -0.15) is 4.98 Å². The zero-order valence-corrected chi connectivity index (χ0v) is 17.4. The van der Waals surface area contributed by atoms with Gasteiger partial charge in [-0.3, -0.25) is 4.79 Å². The van der Waals surface area contributed by atoms with E-state index in [-0.39, 0.29) is 5.56 Å². The molecular formula is C24H27ClN2O2. The van der Waals surface area contributed by atoms with Crippen molar-refractivity contribution < 1.29 is 4.74 Å². The number of H-pyrrole nitrogens is 1. The van der Waals surface area contributed by atoms with Crippen molar-refractivity contribution in [2.45, 2.75) is 51.4 Å². The molecule has 0 bridgehead atoms. The van der Waals surface area contributed by atoms with Gasteiger partial charge in [0.1, 0.15) is 5.65 Å². The maximum Gasteiger partial charge on any atom is 0.249 e. The SMILES string of the molecule is O=c1ccc2ccc(OCCCCC3CCCc4ccc(Cl)cc4CC3)nc2[nH]1. The first kappa shape index (κ1) is 20.0. The fourth-order valence-electron chi connectivity index (χ4n) is 4.25. The topological polar surface area (TPSA) is 55.0 Å². The van der Waals surface area contributed by atoms with Crippen molar-refractivity contribution in [1.29, 1.82) is 0 Å². The van der Waals surface area contributed by atoms with E-state index in [0.717, 1.165) is 35.6 Å². The molecule has 0 saturated carbocycles. The smallest absolute Gasteiger partial charge is 0.249 e. The van der Waals surface area contributed by atoms with Crippen LogP contribution in [0.15, 0.2) is 47.3 Å². The standard InChI is InChI=1S/C24H27ClN2O2/c25-21-12-9-18-6-3-5-17(7-8-20(18)16-21)4-1-2-15-29-23-14-11-19-10-13-22(28)26-24(19)27-23/h9-14,16-17H,1-8,15H2,(H,26,27,28). The number of benzene rings is 1. The average molecular weight is 411 g/mol. The van der Waals surface area contributed by atoms with Crippen molar-refractivity contribution >= 4 is 22.6 Å². The molecule has 2 heterocycles. The number of nitrogens with one attached hydrogen (secondary N) is 1. The van der Waals surface area contributed by atoms with Gasteiger partial charge in [-0.05, 0) is 79.8 Å². The molecule has 0 spiro atoms. The van der Waals surface area contributed by atoms with Crippen LogP contribution in [0.4, 0.5) is 0 Å². The van der Waals surface area contributed by atoms with Crippen LogP contribution in [0.2, 0.25) is 5.02 Å². The lowest BCUT2D eigenvalue weighted by Crippen LogP contribution is -2.09. The number of ether oxygens (including phenoxy) is 1. The molecule has 152 valence electrons. The first-order valence-corrected chi connectivity index (χ1v) is 11.0. The van der Waals surface area contributed by atoms with Crippen LogP contribution in [0, 0.1) is 5.92 Å². The molecule has 0 saturated heterocycles. The molecule has 1 aromatic carbocycles. The molecule has 1 unspecified atom stereocenters. The number of hydrogen-bond donors (Lipinski definition) is 1. The predicted molar refractivity (Wildman–Crippen MR) is 118 cm³/mol. The molecule has 0 fully saturated rings. The summed E-state index contributed by atoms with van der Waals surface area (Å²) in [4.78, 5) is 18.6. The molecular weight excluding hydrogens is 384 g/mol. The Labute approximate surface area is 176 Å². The van der Waals surface area contributed by atoms with E-state index in [0.29, 0.717) is 18.1 Å². The Morgan fingerprint density at radius 2 is 1.93 bits per heavy atom. The predicted octanol–water partition coefficient (Wildman–Crippen LogP) is 5.71. The monoisotopic (exact) mass is 410 g/mol. The minimum atomic E-state index is -0.147. The third-order valence-corrected chi connectivity index (χ3v) is 6.10. The third-order valence-electron chi connectivity index (χ3n) is 5.86. The van der Waals surface area contributed by atoms with Crippen LogP contribution in [0.5, 0.6) is 5.88 Å². The van der Waals surface area contributed by atoms with E-state index in [4.69, 9.17) is 16.3 Å². The van der Waals surface area contributed by atoms with Gasteiger partial charge in [0.05, 0.1) is 6.61 Å². The molecule has 4 rings (SSSR count). The first-order chi connectivity index (χ1) is 14.2. The van der Waals surface area contributed by atoms with Crippen molar-refractivity contribution in [3.05, 3.63) is 69.0 Å². The van der Waals surface area contributed by atoms with Crippen molar-refractivity contribution in [3.63, 3.8) is 0 Å². The summed E-state index contributed by atoms with van der Waals surface area (Å²) in [5.41, 5.74) is 3.34. The largest absolute Gasteiger partial charge is 0.478 e. The Bertz CT molecular complexity index is 1030. The van der Waals surface area contributed by atoms with Crippen LogP contribution in [-0.2, 0) is 12.8 Å². The summed E-state index contributed by atoms with van der Waals surface area (Å²) in [5.74, 6) is 1.35. The lowest BCUT2D eigenvalue weighted by Gasteiger charge is -2.21. The first-order valence-electron chi connectivity index (χ1n) is 10.6. The van der Waals surface area contributed by atoms with Crippen LogP contribution in [0.3, 0.4) is 0 Å². The van der Waals surface area contributed by atoms with Crippen molar-refractivity contribution in [2.75, 3.05) is 6.61 Å². The second kappa shape index (κ2) is 9.45. The molecule has 29 heavy (non-hydrogen) atoms. The Morgan fingerprint density at radius 1 is 1.03 bits per heavy atom. The lowest BCUT2D eigenvalue weighted by molar-refractivity contribution is 0.285. The number of aromatic amines is 1. The molecule has 2 aromatic heterocycles. The fourth-order valence-corrected chi connectivity index (χ4v) is 4.44. The number of halogens is 1. The van der Waals surface area contributed by atoms with Gasteiger partial charge in [0.25, 0.3) is 0 Å². The van der Waals surface area contributed by atoms with E-state index in [9.17, 15) is 4.79 Å². The van der Waals surface area contributed by atoms with E-state index >= 15 is 0 Å². The Kier molecular flexibility index (Phi) is 6.50. The summed E-state index contributed by atoms with van der Waals surface area (Å²) >= 11 is 6.18. The summed E-state index contributed by atoms with van der Waals surface area (Å²) in [7, 11) is 0. The van der Waals surface area contributed by atoms with Crippen LogP contribution < -0.4 is 10.3 Å². The molecule has 3 aromatic rings. The molecule has 0 radical (unpaired) electrons. The normalized spacial score (nSPS) is 16.8. The van der Waals surface area contributed by atoms with E-state index in [2.05, 4.69) is 22.1 Å². The molecule has 1 N–H and O–H groups in total. The van der Waals surface area contributed by atoms with E-state index in [1.54, 1.807) is 6.07 Å². The van der Waals surface area contributed by atoms with Crippen LogP contribution in [-0.4, -0.2) is 16.6 Å². The summed E-state index contributed by atoms with van der Waals surface area (Å²) in [6.07, 6.45) is 9.54. The summed E-state index contributed by atoms with van der Waals surface area (Å²) in [5, 5.41) is 1.76. The van der Waals surface area contributed by atoms with Crippen molar-refractivity contribution in [3.8, 4) is 5.88 Å². The minimum Gasteiger partial charge on any atom is -0.478 e.